The number of carbonyl (C=O) groups excluding carboxylic acids is 1. The summed E-state index contributed by atoms with van der Waals surface area (Å²) in [6, 6.07) is 0.0139. The fraction of sp³-hybridized carbons (Fsp3) is 0.368. The minimum Gasteiger partial charge on any atom is -0.311 e. The zero-order valence-electron chi connectivity index (χ0n) is 15.1. The summed E-state index contributed by atoms with van der Waals surface area (Å²) in [5.41, 5.74) is 1.24. The van der Waals surface area contributed by atoms with E-state index >= 15 is 0 Å². The first-order valence-electron chi connectivity index (χ1n) is 7.10. The molecule has 0 saturated heterocycles. The van der Waals surface area contributed by atoms with Gasteiger partial charge in [0.25, 0.3) is 0 Å². The summed E-state index contributed by atoms with van der Waals surface area (Å²) in [5, 5.41) is 9.02. The fourth-order valence-electron chi connectivity index (χ4n) is 0.708. The van der Waals surface area contributed by atoms with Crippen LogP contribution in [0.25, 0.3) is 0 Å². The van der Waals surface area contributed by atoms with E-state index in [9.17, 15) is 4.79 Å². The van der Waals surface area contributed by atoms with Crippen LogP contribution in [0.15, 0.2) is 61.8 Å². The first kappa shape index (κ1) is 28.2. The molecule has 3 heteroatoms. The maximum Gasteiger partial charge on any atom is 0.146 e. The third-order valence-electron chi connectivity index (χ3n) is 1.97. The number of Topliss-reactive ketones (excluding diaryl/α,β-unsaturated/α-hetero) is 1. The highest BCUT2D eigenvalue weighted by Gasteiger charge is 2.00. The van der Waals surface area contributed by atoms with E-state index in [2.05, 4.69) is 25.1 Å². The quantitative estimate of drug-likeness (QED) is 0.431. The first-order chi connectivity index (χ1) is 10.3. The Morgan fingerprint density at radius 3 is 1.68 bits per heavy atom. The third kappa shape index (κ3) is 43.0. The maximum atomic E-state index is 10.3. The molecular weight excluding hydrogens is 272 g/mol. The number of allylic oxidation sites excluding steroid dienone is 7. The smallest absolute Gasteiger partial charge is 0.146 e. The van der Waals surface area contributed by atoms with Crippen LogP contribution in [0.3, 0.4) is 0 Å². The second kappa shape index (κ2) is 27.4. The zero-order chi connectivity index (χ0) is 18.4. The molecule has 126 valence electrons. The number of rotatable bonds is 5. The average Bonchev–Trinajstić information content (AvgIpc) is 2.48. The maximum absolute atomic E-state index is 10.3. The highest BCUT2D eigenvalue weighted by Crippen LogP contribution is 1.92. The lowest BCUT2D eigenvalue weighted by Gasteiger charge is -2.01. The molecule has 3 nitrogen and oxygen atoms in total. The van der Waals surface area contributed by atoms with Crippen LogP contribution in [0.1, 0.15) is 34.6 Å². The molecule has 0 aliphatic carbocycles. The van der Waals surface area contributed by atoms with Crippen molar-refractivity contribution in [2.75, 3.05) is 7.05 Å². The number of hydrogen-bond donors (Lipinski definition) is 2. The highest BCUT2D eigenvalue weighted by atomic mass is 16.1. The molecule has 0 unspecified atom stereocenters. The normalized spacial score (nSPS) is 10.4. The van der Waals surface area contributed by atoms with Gasteiger partial charge in [-0.2, -0.15) is 0 Å². The standard InChI is InChI=1S/C8H12.C5H11NO.C3H5N.C3H6/c1-4-6-8(3)7-5-2;1-4(6-3)5(2)7;1-2-3-4;1-3-2/h4-7H,1H2,2-3H3;4,6H,1-3H3;2-4H,1H2;3H,1H2,2H3/b7-5-,8-6-;;;/t;4-;;/m.0../s1. The molecule has 22 heavy (non-hydrogen) atoms. The predicted octanol–water partition coefficient (Wildman–Crippen LogP) is 4.89. The molecule has 0 fully saturated rings. The van der Waals surface area contributed by atoms with Crippen molar-refractivity contribution in [1.82, 2.24) is 5.32 Å². The fourth-order valence-corrected chi connectivity index (χ4v) is 0.708. The minimum atomic E-state index is 0.0139. The molecule has 0 amide bonds. The number of ketones is 1. The van der Waals surface area contributed by atoms with Gasteiger partial charge >= 0.3 is 0 Å². The van der Waals surface area contributed by atoms with Gasteiger partial charge in [-0.05, 0) is 41.7 Å². The Balaban J connectivity index is -0.000000105. The molecule has 0 aromatic carbocycles. The molecule has 0 heterocycles. The van der Waals surface area contributed by atoms with Crippen LogP contribution >= 0.6 is 0 Å². The van der Waals surface area contributed by atoms with Gasteiger partial charge in [0.05, 0.1) is 6.04 Å². The Morgan fingerprint density at radius 2 is 1.55 bits per heavy atom. The summed E-state index contributed by atoms with van der Waals surface area (Å²) < 4.78 is 0. The van der Waals surface area contributed by atoms with E-state index in [1.165, 1.54) is 11.6 Å². The molecule has 2 N–H and O–H groups in total. The Hall–Kier alpha value is -2.00. The van der Waals surface area contributed by atoms with Crippen molar-refractivity contribution in [1.29, 1.82) is 5.41 Å². The van der Waals surface area contributed by atoms with Gasteiger partial charge in [0.2, 0.25) is 0 Å². The predicted molar refractivity (Wildman–Crippen MR) is 103 cm³/mol. The summed E-state index contributed by atoms with van der Waals surface area (Å²) in [5.74, 6) is 0.183. The molecule has 0 rings (SSSR count). The summed E-state index contributed by atoms with van der Waals surface area (Å²) in [4.78, 5) is 10.3. The van der Waals surface area contributed by atoms with E-state index < -0.39 is 0 Å². The van der Waals surface area contributed by atoms with Crippen molar-refractivity contribution in [3.8, 4) is 0 Å². The Bertz CT molecular complexity index is 346. The zero-order valence-corrected chi connectivity index (χ0v) is 15.1. The molecule has 1 atom stereocenters. The van der Waals surface area contributed by atoms with E-state index in [1.54, 1.807) is 26.1 Å². The molecule has 0 saturated carbocycles. The van der Waals surface area contributed by atoms with Crippen LogP contribution < -0.4 is 5.32 Å². The van der Waals surface area contributed by atoms with Gasteiger partial charge in [0.15, 0.2) is 0 Å². The van der Waals surface area contributed by atoms with Crippen LogP contribution in [0.5, 0.6) is 0 Å². The van der Waals surface area contributed by atoms with Crippen molar-refractivity contribution in [2.24, 2.45) is 0 Å². The largest absolute Gasteiger partial charge is 0.311 e. The van der Waals surface area contributed by atoms with Gasteiger partial charge in [-0.15, -0.1) is 6.58 Å². The van der Waals surface area contributed by atoms with E-state index in [4.69, 9.17) is 5.41 Å². The third-order valence-corrected chi connectivity index (χ3v) is 1.97. The lowest BCUT2D eigenvalue weighted by atomic mass is 10.2. The van der Waals surface area contributed by atoms with Crippen molar-refractivity contribution in [2.45, 2.75) is 40.7 Å². The van der Waals surface area contributed by atoms with Gasteiger partial charge in [0, 0.05) is 6.21 Å². The molecule has 0 aliphatic heterocycles. The van der Waals surface area contributed by atoms with Gasteiger partial charge in [-0.3, -0.25) is 4.79 Å². The molecular formula is C19H34N2O. The van der Waals surface area contributed by atoms with E-state index in [1.807, 2.05) is 45.9 Å². The van der Waals surface area contributed by atoms with Crippen molar-refractivity contribution < 1.29 is 4.79 Å². The number of carbonyl (C=O) groups is 1. The lowest BCUT2D eigenvalue weighted by Crippen LogP contribution is -2.28. The highest BCUT2D eigenvalue weighted by molar-refractivity contribution is 5.80. The summed E-state index contributed by atoms with van der Waals surface area (Å²) >= 11 is 0. The molecule has 0 aromatic heterocycles. The molecule has 0 spiro atoms. The summed E-state index contributed by atoms with van der Waals surface area (Å²) in [6.07, 6.45) is 12.1. The Labute approximate surface area is 137 Å². The Morgan fingerprint density at radius 1 is 1.14 bits per heavy atom. The Kier molecular flexibility index (Phi) is 35.1. The van der Waals surface area contributed by atoms with E-state index in [-0.39, 0.29) is 11.8 Å². The van der Waals surface area contributed by atoms with Crippen LogP contribution in [0.4, 0.5) is 0 Å². The van der Waals surface area contributed by atoms with Gasteiger partial charge in [-0.1, -0.05) is 55.2 Å². The van der Waals surface area contributed by atoms with Crippen LogP contribution in [0, 0.1) is 5.41 Å². The van der Waals surface area contributed by atoms with Gasteiger partial charge in [0.1, 0.15) is 5.78 Å². The van der Waals surface area contributed by atoms with Crippen LogP contribution in [-0.2, 0) is 4.79 Å². The number of hydrogen-bond acceptors (Lipinski definition) is 3. The van der Waals surface area contributed by atoms with Crippen molar-refractivity contribution >= 4 is 12.0 Å². The van der Waals surface area contributed by atoms with Crippen molar-refractivity contribution in [3.63, 3.8) is 0 Å². The van der Waals surface area contributed by atoms with Crippen LogP contribution in [0.2, 0.25) is 0 Å². The topological polar surface area (TPSA) is 53.0 Å². The monoisotopic (exact) mass is 306 g/mol. The second-order valence-corrected chi connectivity index (χ2v) is 4.08. The molecule has 0 aliphatic rings. The molecule has 0 bridgehead atoms. The number of nitrogens with one attached hydrogen (secondary N) is 2. The van der Waals surface area contributed by atoms with Crippen LogP contribution in [-0.4, -0.2) is 25.1 Å². The number of likely N-dealkylation sites (N-methyl/N-ethyl adjacent to an activating group) is 1. The summed E-state index contributed by atoms with van der Waals surface area (Å²) in [7, 11) is 1.77. The van der Waals surface area contributed by atoms with E-state index in [0.717, 1.165) is 6.21 Å². The molecule has 0 aromatic rings. The second-order valence-electron chi connectivity index (χ2n) is 4.08. The van der Waals surface area contributed by atoms with Gasteiger partial charge < -0.3 is 10.7 Å². The van der Waals surface area contributed by atoms with Crippen molar-refractivity contribution in [3.05, 3.63) is 61.8 Å². The lowest BCUT2D eigenvalue weighted by molar-refractivity contribution is -0.118. The minimum absolute atomic E-state index is 0.0139. The molecule has 0 radical (unpaired) electrons. The average molecular weight is 306 g/mol. The first-order valence-corrected chi connectivity index (χ1v) is 7.10. The SMILES string of the molecule is C=C/C=C(C)\C=C/C.C=CC.C=CC=N.CN[C@@H](C)C(C)=O. The van der Waals surface area contributed by atoms with Gasteiger partial charge in [-0.25, -0.2) is 0 Å². The van der Waals surface area contributed by atoms with E-state index in [0.29, 0.717) is 0 Å². The summed E-state index contributed by atoms with van der Waals surface area (Å²) in [6.45, 7) is 19.5.